The summed E-state index contributed by atoms with van der Waals surface area (Å²) in [5.74, 6) is 1.50. The van der Waals surface area contributed by atoms with Crippen molar-refractivity contribution in [3.63, 3.8) is 0 Å². The molecular formula is C19H25NO3. The van der Waals surface area contributed by atoms with E-state index in [-0.39, 0.29) is 24.7 Å². The maximum Gasteiger partial charge on any atom is 0.306 e. The molecule has 1 N–H and O–H groups in total. The molecule has 0 radical (unpaired) electrons. The average molecular weight is 315 g/mol. The lowest BCUT2D eigenvalue weighted by molar-refractivity contribution is -0.155. The van der Waals surface area contributed by atoms with Gasteiger partial charge in [0.1, 0.15) is 5.60 Å². The van der Waals surface area contributed by atoms with E-state index >= 15 is 0 Å². The van der Waals surface area contributed by atoms with E-state index in [1.807, 2.05) is 20.8 Å². The van der Waals surface area contributed by atoms with Crippen molar-refractivity contribution in [2.45, 2.75) is 51.6 Å². The second kappa shape index (κ2) is 5.99. The Hall–Kier alpha value is -1.84. The zero-order valence-corrected chi connectivity index (χ0v) is 14.1. The molecule has 0 unspecified atom stereocenters. The van der Waals surface area contributed by atoms with Gasteiger partial charge in [0.05, 0.1) is 6.42 Å². The number of fused-ring (bicyclic) bond motifs is 3. The summed E-state index contributed by atoms with van der Waals surface area (Å²) in [7, 11) is 0. The molecule has 1 saturated carbocycles. The SMILES string of the molecule is CC(C)(C)OC(=O)CCC(=O)NC[C@@H]1[C@@H]2Cc3ccccc3[C@H]12. The first-order valence-electron chi connectivity index (χ1n) is 8.41. The third-order valence-electron chi connectivity index (χ3n) is 4.71. The molecular weight excluding hydrogens is 290 g/mol. The first-order valence-corrected chi connectivity index (χ1v) is 8.41. The minimum absolute atomic E-state index is 0.0610. The summed E-state index contributed by atoms with van der Waals surface area (Å²) in [6.07, 6.45) is 1.48. The quantitative estimate of drug-likeness (QED) is 0.850. The fourth-order valence-corrected chi connectivity index (χ4v) is 3.69. The van der Waals surface area contributed by atoms with Gasteiger partial charge >= 0.3 is 5.97 Å². The van der Waals surface area contributed by atoms with Crippen molar-refractivity contribution in [2.75, 3.05) is 6.54 Å². The number of hydrogen-bond donors (Lipinski definition) is 1. The van der Waals surface area contributed by atoms with Crippen LogP contribution < -0.4 is 5.32 Å². The van der Waals surface area contributed by atoms with E-state index in [4.69, 9.17) is 4.74 Å². The molecule has 0 bridgehead atoms. The van der Waals surface area contributed by atoms with Crippen LogP contribution in [-0.4, -0.2) is 24.0 Å². The molecule has 1 aromatic rings. The van der Waals surface area contributed by atoms with Crippen LogP contribution >= 0.6 is 0 Å². The number of carbonyl (C=O) groups is 2. The zero-order valence-electron chi connectivity index (χ0n) is 14.1. The normalized spacial score (nSPS) is 24.6. The Kier molecular flexibility index (Phi) is 4.17. The minimum atomic E-state index is -0.494. The van der Waals surface area contributed by atoms with E-state index in [1.165, 1.54) is 11.1 Å². The highest BCUT2D eigenvalue weighted by Crippen LogP contribution is 2.60. The van der Waals surface area contributed by atoms with Crippen molar-refractivity contribution >= 4 is 11.9 Å². The molecule has 1 fully saturated rings. The number of benzene rings is 1. The second-order valence-electron chi connectivity index (χ2n) is 7.65. The maximum absolute atomic E-state index is 11.9. The summed E-state index contributed by atoms with van der Waals surface area (Å²) in [6, 6.07) is 8.61. The van der Waals surface area contributed by atoms with Crippen molar-refractivity contribution in [1.82, 2.24) is 5.32 Å². The van der Waals surface area contributed by atoms with E-state index in [9.17, 15) is 9.59 Å². The number of esters is 1. The van der Waals surface area contributed by atoms with Crippen LogP contribution in [0.1, 0.15) is 50.7 Å². The van der Waals surface area contributed by atoms with Crippen LogP contribution in [-0.2, 0) is 20.7 Å². The lowest BCUT2D eigenvalue weighted by atomic mass is 10.0. The van der Waals surface area contributed by atoms with E-state index in [0.29, 0.717) is 17.8 Å². The Morgan fingerprint density at radius 1 is 1.22 bits per heavy atom. The lowest BCUT2D eigenvalue weighted by Crippen LogP contribution is -2.28. The molecule has 3 atom stereocenters. The molecule has 3 rings (SSSR count). The summed E-state index contributed by atoms with van der Waals surface area (Å²) in [5.41, 5.74) is 2.44. The van der Waals surface area contributed by atoms with Crippen LogP contribution in [0.25, 0.3) is 0 Å². The van der Waals surface area contributed by atoms with Crippen molar-refractivity contribution in [2.24, 2.45) is 11.8 Å². The van der Waals surface area contributed by atoms with E-state index in [0.717, 1.165) is 13.0 Å². The first-order chi connectivity index (χ1) is 10.8. The highest BCUT2D eigenvalue weighted by molar-refractivity contribution is 5.81. The van der Waals surface area contributed by atoms with Gasteiger partial charge in [-0.1, -0.05) is 24.3 Å². The van der Waals surface area contributed by atoms with Crippen LogP contribution in [0.2, 0.25) is 0 Å². The molecule has 124 valence electrons. The summed E-state index contributed by atoms with van der Waals surface area (Å²) in [6.45, 7) is 6.20. The topological polar surface area (TPSA) is 55.4 Å². The summed E-state index contributed by atoms with van der Waals surface area (Å²) >= 11 is 0. The van der Waals surface area contributed by atoms with E-state index in [2.05, 4.69) is 29.6 Å². The average Bonchev–Trinajstić information content (AvgIpc) is 3.00. The van der Waals surface area contributed by atoms with Crippen LogP contribution in [0.15, 0.2) is 24.3 Å². The minimum Gasteiger partial charge on any atom is -0.460 e. The molecule has 1 amide bonds. The lowest BCUT2D eigenvalue weighted by Gasteiger charge is -2.19. The van der Waals surface area contributed by atoms with Crippen molar-refractivity contribution in [1.29, 1.82) is 0 Å². The van der Waals surface area contributed by atoms with Crippen molar-refractivity contribution in [3.8, 4) is 0 Å². The van der Waals surface area contributed by atoms with Crippen LogP contribution in [0.5, 0.6) is 0 Å². The predicted molar refractivity (Wildman–Crippen MR) is 88.0 cm³/mol. The fraction of sp³-hybridized carbons (Fsp3) is 0.579. The van der Waals surface area contributed by atoms with Crippen LogP contribution in [0.3, 0.4) is 0 Å². The van der Waals surface area contributed by atoms with Crippen LogP contribution in [0.4, 0.5) is 0 Å². The first kappa shape index (κ1) is 16.0. The van der Waals surface area contributed by atoms with Crippen molar-refractivity contribution in [3.05, 3.63) is 35.4 Å². The van der Waals surface area contributed by atoms with Gasteiger partial charge in [-0.3, -0.25) is 9.59 Å². The molecule has 23 heavy (non-hydrogen) atoms. The summed E-state index contributed by atoms with van der Waals surface area (Å²) in [4.78, 5) is 23.5. The van der Waals surface area contributed by atoms with Gasteiger partial charge in [0.25, 0.3) is 0 Å². The van der Waals surface area contributed by atoms with Gasteiger partial charge in [-0.2, -0.15) is 0 Å². The summed E-state index contributed by atoms with van der Waals surface area (Å²) < 4.78 is 5.21. The van der Waals surface area contributed by atoms with Gasteiger partial charge in [0, 0.05) is 13.0 Å². The fourth-order valence-electron chi connectivity index (χ4n) is 3.69. The highest BCUT2D eigenvalue weighted by atomic mass is 16.6. The van der Waals surface area contributed by atoms with E-state index < -0.39 is 5.60 Å². The largest absolute Gasteiger partial charge is 0.460 e. The Morgan fingerprint density at radius 2 is 1.96 bits per heavy atom. The van der Waals surface area contributed by atoms with Crippen molar-refractivity contribution < 1.29 is 14.3 Å². The number of nitrogens with one attached hydrogen (secondary N) is 1. The molecule has 0 spiro atoms. The Morgan fingerprint density at radius 3 is 2.70 bits per heavy atom. The standard InChI is InChI=1S/C19H25NO3/c1-19(2,3)23-17(22)9-8-16(21)20-11-15-14-10-12-6-4-5-7-13(12)18(14)15/h4-7,14-15,18H,8-11H2,1-3H3,(H,20,21)/t14-,15+,18-/m0/s1. The monoisotopic (exact) mass is 315 g/mol. The molecule has 2 aliphatic carbocycles. The van der Waals surface area contributed by atoms with Crippen LogP contribution in [0, 0.1) is 11.8 Å². The van der Waals surface area contributed by atoms with Gasteiger partial charge in [0.15, 0.2) is 0 Å². The van der Waals surface area contributed by atoms with Gasteiger partial charge < -0.3 is 10.1 Å². The number of rotatable bonds is 5. The Labute approximate surface area is 137 Å². The Balaban J connectivity index is 1.38. The third-order valence-corrected chi connectivity index (χ3v) is 4.71. The van der Waals surface area contributed by atoms with Gasteiger partial charge in [-0.15, -0.1) is 0 Å². The molecule has 0 aromatic heterocycles. The number of amides is 1. The summed E-state index contributed by atoms with van der Waals surface area (Å²) in [5, 5.41) is 2.98. The maximum atomic E-state index is 11.9. The molecule has 0 saturated heterocycles. The molecule has 4 nitrogen and oxygen atoms in total. The molecule has 4 heteroatoms. The number of carbonyl (C=O) groups excluding carboxylic acids is 2. The molecule has 0 aliphatic heterocycles. The smallest absolute Gasteiger partial charge is 0.306 e. The zero-order chi connectivity index (χ0) is 16.6. The predicted octanol–water partition coefficient (Wildman–Crippen LogP) is 2.81. The van der Waals surface area contributed by atoms with E-state index in [1.54, 1.807) is 0 Å². The molecule has 1 aromatic carbocycles. The highest BCUT2D eigenvalue weighted by Gasteiger charge is 2.54. The van der Waals surface area contributed by atoms with Gasteiger partial charge in [-0.25, -0.2) is 0 Å². The number of ether oxygens (including phenoxy) is 1. The Bertz CT molecular complexity index is 617. The molecule has 0 heterocycles. The second-order valence-corrected chi connectivity index (χ2v) is 7.65. The third kappa shape index (κ3) is 3.74. The van der Waals surface area contributed by atoms with Gasteiger partial charge in [0.2, 0.25) is 5.91 Å². The van der Waals surface area contributed by atoms with Gasteiger partial charge in [-0.05, 0) is 56.1 Å². The molecule has 2 aliphatic rings. The number of hydrogen-bond acceptors (Lipinski definition) is 3.